The number of nitrogens with one attached hydrogen (secondary N) is 1. The summed E-state index contributed by atoms with van der Waals surface area (Å²) < 4.78 is 5.35. The minimum atomic E-state index is -0.0615. The molecule has 2 fully saturated rings. The highest BCUT2D eigenvalue weighted by atomic mass is 16.5. The van der Waals surface area contributed by atoms with Gasteiger partial charge in [-0.1, -0.05) is 23.4 Å². The van der Waals surface area contributed by atoms with Gasteiger partial charge in [-0.05, 0) is 56.9 Å². The molecule has 7 nitrogen and oxygen atoms in total. The molecule has 1 spiro atoms. The van der Waals surface area contributed by atoms with Crippen LogP contribution in [0.4, 0.5) is 0 Å². The second kappa shape index (κ2) is 7.40. The van der Waals surface area contributed by atoms with Crippen LogP contribution in [-0.4, -0.2) is 65.6 Å². The molecule has 3 heterocycles. The van der Waals surface area contributed by atoms with Gasteiger partial charge < -0.3 is 14.7 Å². The average molecular weight is 369 g/mol. The number of carbonyl (C=O) groups excluding carboxylic acids is 1. The van der Waals surface area contributed by atoms with Gasteiger partial charge in [0, 0.05) is 19.2 Å². The van der Waals surface area contributed by atoms with E-state index in [-0.39, 0.29) is 17.4 Å². The van der Waals surface area contributed by atoms with Crippen molar-refractivity contribution in [2.45, 2.75) is 31.8 Å². The highest BCUT2D eigenvalue weighted by Gasteiger charge is 2.46. The molecule has 0 radical (unpaired) electrons. The first kappa shape index (κ1) is 18.1. The van der Waals surface area contributed by atoms with Crippen LogP contribution in [0.2, 0.25) is 0 Å². The maximum atomic E-state index is 13.0. The summed E-state index contributed by atoms with van der Waals surface area (Å²) in [6.07, 6.45) is 3.24. The lowest BCUT2D eigenvalue weighted by Gasteiger charge is -2.33. The molecule has 7 heteroatoms. The van der Waals surface area contributed by atoms with Crippen molar-refractivity contribution in [2.75, 3.05) is 33.7 Å². The Kier molecular flexibility index (Phi) is 4.97. The summed E-state index contributed by atoms with van der Waals surface area (Å²) in [5, 5.41) is 7.47. The predicted octanol–water partition coefficient (Wildman–Crippen LogP) is 1.77. The number of aromatic nitrogens is 2. The molecule has 2 aliphatic heterocycles. The Bertz CT molecular complexity index is 785. The number of hydrogen-bond acceptors (Lipinski definition) is 6. The largest absolute Gasteiger partial charge is 0.337 e. The van der Waals surface area contributed by atoms with Crippen molar-refractivity contribution < 1.29 is 9.32 Å². The Labute approximate surface area is 159 Å². The number of nitrogens with zero attached hydrogens (tertiary/aromatic N) is 4. The Morgan fingerprint density at radius 2 is 2.07 bits per heavy atom. The molecule has 1 unspecified atom stereocenters. The molecule has 27 heavy (non-hydrogen) atoms. The van der Waals surface area contributed by atoms with E-state index in [0.29, 0.717) is 18.3 Å². The highest BCUT2D eigenvalue weighted by molar-refractivity contribution is 5.82. The second-order valence-corrected chi connectivity index (χ2v) is 7.96. The fourth-order valence-electron chi connectivity index (χ4n) is 4.43. The number of carbonyl (C=O) groups is 1. The molecule has 2 saturated heterocycles. The number of likely N-dealkylation sites (N-methyl/N-ethyl adjacent to an activating group) is 2. The molecular formula is C20H27N5O2. The van der Waals surface area contributed by atoms with Gasteiger partial charge in [-0.2, -0.15) is 4.98 Å². The molecule has 1 aromatic heterocycles. The molecule has 0 aliphatic carbocycles. The van der Waals surface area contributed by atoms with Crippen LogP contribution in [0, 0.1) is 5.41 Å². The quantitative estimate of drug-likeness (QED) is 0.885. The zero-order valence-electron chi connectivity index (χ0n) is 16.0. The normalized spacial score (nSPS) is 22.2. The third-order valence-corrected chi connectivity index (χ3v) is 5.94. The number of amides is 1. The summed E-state index contributed by atoms with van der Waals surface area (Å²) in [6, 6.07) is 9.60. The first-order valence-corrected chi connectivity index (χ1v) is 9.60. The molecule has 2 aromatic rings. The van der Waals surface area contributed by atoms with Gasteiger partial charge in [0.25, 0.3) is 5.89 Å². The minimum absolute atomic E-state index is 0.0615. The molecular weight excluding hydrogens is 342 g/mol. The van der Waals surface area contributed by atoms with Crippen LogP contribution in [0.1, 0.15) is 25.1 Å². The average Bonchev–Trinajstić information content (AvgIpc) is 3.27. The zero-order chi connectivity index (χ0) is 18.9. The molecule has 1 N–H and O–H groups in total. The van der Waals surface area contributed by atoms with E-state index in [1.54, 1.807) is 4.90 Å². The lowest BCUT2D eigenvalue weighted by Crippen LogP contribution is -2.42. The second-order valence-electron chi connectivity index (χ2n) is 7.96. The molecule has 1 amide bonds. The minimum Gasteiger partial charge on any atom is -0.337 e. The van der Waals surface area contributed by atoms with Gasteiger partial charge in [-0.25, -0.2) is 0 Å². The lowest BCUT2D eigenvalue weighted by molar-refractivity contribution is -0.135. The van der Waals surface area contributed by atoms with Gasteiger partial charge >= 0.3 is 0 Å². The van der Waals surface area contributed by atoms with Gasteiger partial charge in [0.15, 0.2) is 5.82 Å². The van der Waals surface area contributed by atoms with Crippen LogP contribution in [0.3, 0.4) is 0 Å². The summed E-state index contributed by atoms with van der Waals surface area (Å²) >= 11 is 0. The highest BCUT2D eigenvalue weighted by Crippen LogP contribution is 2.41. The Morgan fingerprint density at radius 1 is 1.33 bits per heavy atom. The standard InChI is InChI=1S/C20H27N5O2/c1-24(13-17-22-18(27-23-17)15-6-4-3-5-7-15)19(26)16-12-20(14-25(16)2)8-10-21-11-9-20/h3-7,16,21H,8-14H2,1-2H3. The van der Waals surface area contributed by atoms with Gasteiger partial charge in [0.1, 0.15) is 0 Å². The Balaban J connectivity index is 1.40. The van der Waals surface area contributed by atoms with E-state index >= 15 is 0 Å². The number of piperidine rings is 1. The smallest absolute Gasteiger partial charge is 0.257 e. The van der Waals surface area contributed by atoms with Crippen LogP contribution in [0.25, 0.3) is 11.5 Å². The van der Waals surface area contributed by atoms with E-state index in [2.05, 4.69) is 27.4 Å². The fourth-order valence-corrected chi connectivity index (χ4v) is 4.43. The molecule has 0 bridgehead atoms. The third kappa shape index (κ3) is 3.75. The van der Waals surface area contributed by atoms with Gasteiger partial charge in [0.05, 0.1) is 12.6 Å². The summed E-state index contributed by atoms with van der Waals surface area (Å²) in [7, 11) is 3.89. The van der Waals surface area contributed by atoms with Crippen molar-refractivity contribution in [3.05, 3.63) is 36.2 Å². The van der Waals surface area contributed by atoms with Crippen LogP contribution in [0.5, 0.6) is 0 Å². The number of rotatable bonds is 4. The zero-order valence-corrected chi connectivity index (χ0v) is 16.0. The van der Waals surface area contributed by atoms with Crippen molar-refractivity contribution in [3.8, 4) is 11.5 Å². The lowest BCUT2D eigenvalue weighted by atomic mass is 9.77. The topological polar surface area (TPSA) is 74.5 Å². The van der Waals surface area contributed by atoms with E-state index in [9.17, 15) is 4.79 Å². The van der Waals surface area contributed by atoms with E-state index in [4.69, 9.17) is 4.52 Å². The van der Waals surface area contributed by atoms with E-state index in [1.165, 1.54) is 0 Å². The van der Waals surface area contributed by atoms with Crippen LogP contribution in [0.15, 0.2) is 34.9 Å². The summed E-state index contributed by atoms with van der Waals surface area (Å²) in [5.74, 6) is 1.15. The number of hydrogen-bond donors (Lipinski definition) is 1. The van der Waals surface area contributed by atoms with Gasteiger partial charge in [-0.15, -0.1) is 0 Å². The molecule has 2 aliphatic rings. The van der Waals surface area contributed by atoms with Gasteiger partial charge in [0.2, 0.25) is 5.91 Å². The van der Waals surface area contributed by atoms with E-state index in [0.717, 1.165) is 44.5 Å². The van der Waals surface area contributed by atoms with Crippen molar-refractivity contribution in [1.29, 1.82) is 0 Å². The number of likely N-dealkylation sites (tertiary alicyclic amines) is 1. The third-order valence-electron chi connectivity index (χ3n) is 5.94. The Morgan fingerprint density at radius 3 is 2.81 bits per heavy atom. The maximum absolute atomic E-state index is 13.0. The molecule has 1 atom stereocenters. The van der Waals surface area contributed by atoms with Crippen LogP contribution in [-0.2, 0) is 11.3 Å². The fraction of sp³-hybridized carbons (Fsp3) is 0.550. The van der Waals surface area contributed by atoms with Crippen LogP contribution < -0.4 is 5.32 Å². The van der Waals surface area contributed by atoms with Crippen molar-refractivity contribution in [3.63, 3.8) is 0 Å². The first-order valence-electron chi connectivity index (χ1n) is 9.60. The van der Waals surface area contributed by atoms with E-state index < -0.39 is 0 Å². The Hall–Kier alpha value is -2.25. The molecule has 1 aromatic carbocycles. The maximum Gasteiger partial charge on any atom is 0.257 e. The molecule has 144 valence electrons. The van der Waals surface area contributed by atoms with Crippen molar-refractivity contribution in [2.24, 2.45) is 5.41 Å². The van der Waals surface area contributed by atoms with Crippen LogP contribution >= 0.6 is 0 Å². The number of benzene rings is 1. The predicted molar refractivity (Wildman–Crippen MR) is 102 cm³/mol. The monoisotopic (exact) mass is 369 g/mol. The molecule has 0 saturated carbocycles. The van der Waals surface area contributed by atoms with Crippen molar-refractivity contribution >= 4 is 5.91 Å². The van der Waals surface area contributed by atoms with Crippen molar-refractivity contribution in [1.82, 2.24) is 25.3 Å². The summed E-state index contributed by atoms with van der Waals surface area (Å²) in [5.41, 5.74) is 1.17. The summed E-state index contributed by atoms with van der Waals surface area (Å²) in [6.45, 7) is 3.46. The van der Waals surface area contributed by atoms with E-state index in [1.807, 2.05) is 37.4 Å². The first-order chi connectivity index (χ1) is 13.1. The van der Waals surface area contributed by atoms with Gasteiger partial charge in [-0.3, -0.25) is 9.69 Å². The SMILES string of the molecule is CN(Cc1noc(-c2ccccc2)n1)C(=O)C1CC2(CCNCC2)CN1C. The summed E-state index contributed by atoms with van der Waals surface area (Å²) in [4.78, 5) is 21.4. The molecule has 4 rings (SSSR count).